The molecule has 1 aromatic carbocycles. The molecule has 2 aliphatic rings. The van der Waals surface area contributed by atoms with Crippen molar-refractivity contribution in [2.45, 2.75) is 32.7 Å². The molecule has 1 N–H and O–H groups in total. The van der Waals surface area contributed by atoms with Crippen LogP contribution in [0.5, 0.6) is 0 Å². The summed E-state index contributed by atoms with van der Waals surface area (Å²) >= 11 is 0. The first-order valence-corrected chi connectivity index (χ1v) is 9.61. The van der Waals surface area contributed by atoms with Crippen LogP contribution >= 0.6 is 0 Å². The highest BCUT2D eigenvalue weighted by Gasteiger charge is 2.28. The second-order valence-corrected chi connectivity index (χ2v) is 7.00. The van der Waals surface area contributed by atoms with Gasteiger partial charge in [-0.15, -0.1) is 0 Å². The van der Waals surface area contributed by atoms with E-state index < -0.39 is 5.97 Å². The van der Waals surface area contributed by atoms with Gasteiger partial charge < -0.3 is 19.3 Å². The topological polar surface area (TPSA) is 84.7 Å². The van der Waals surface area contributed by atoms with Crippen LogP contribution in [0.15, 0.2) is 36.0 Å². The van der Waals surface area contributed by atoms with Crippen LogP contribution in [0.3, 0.4) is 0 Å². The van der Waals surface area contributed by atoms with Crippen LogP contribution in [0.25, 0.3) is 5.57 Å². The van der Waals surface area contributed by atoms with Crippen molar-refractivity contribution >= 4 is 17.6 Å². The second-order valence-electron chi connectivity index (χ2n) is 7.00. The van der Waals surface area contributed by atoms with Gasteiger partial charge in [0.25, 0.3) is 0 Å². The number of ether oxygens (including phenoxy) is 1. The molecular weight excluding hydrogens is 358 g/mol. The first-order valence-electron chi connectivity index (χ1n) is 9.61. The smallest absolute Gasteiger partial charge is 0.409 e. The number of carbonyl (C=O) groups excluding carboxylic acids is 1. The molecule has 1 amide bonds. The van der Waals surface area contributed by atoms with E-state index >= 15 is 0 Å². The minimum Gasteiger partial charge on any atom is -0.477 e. The standard InChI is InChI=1S/C21H23N3O4/c1-2-28-21(27)23-10-7-15(8-11-23)18-16-6-4-3-5-14(16)9-12-24-17(20(25)26)13-22-19(18)24/h3-6,13H,2,7-12H2,1H3,(H,25,26). The molecule has 2 aliphatic heterocycles. The normalized spacial score (nSPS) is 16.2. The maximum absolute atomic E-state index is 12.0. The number of hydrogen-bond donors (Lipinski definition) is 1. The number of carbonyl (C=O) groups is 2. The Morgan fingerprint density at radius 2 is 1.89 bits per heavy atom. The number of benzene rings is 1. The molecule has 1 fully saturated rings. The molecule has 3 heterocycles. The van der Waals surface area contributed by atoms with Crippen molar-refractivity contribution < 1.29 is 19.4 Å². The Balaban J connectivity index is 1.77. The molecule has 7 heteroatoms. The van der Waals surface area contributed by atoms with E-state index in [2.05, 4.69) is 17.1 Å². The summed E-state index contributed by atoms with van der Waals surface area (Å²) in [7, 11) is 0. The number of amides is 1. The molecule has 28 heavy (non-hydrogen) atoms. The minimum atomic E-state index is -0.966. The lowest BCUT2D eigenvalue weighted by atomic mass is 9.90. The molecule has 146 valence electrons. The van der Waals surface area contributed by atoms with Gasteiger partial charge in [0.05, 0.1) is 12.8 Å². The summed E-state index contributed by atoms with van der Waals surface area (Å²) in [6, 6.07) is 8.19. The fourth-order valence-corrected chi connectivity index (χ4v) is 4.08. The summed E-state index contributed by atoms with van der Waals surface area (Å²) in [5, 5.41) is 9.55. The molecule has 0 saturated carbocycles. The maximum Gasteiger partial charge on any atom is 0.409 e. The lowest BCUT2D eigenvalue weighted by Gasteiger charge is -2.29. The Kier molecular flexibility index (Phi) is 4.90. The average Bonchev–Trinajstić information content (AvgIpc) is 3.05. The number of aryl methyl sites for hydroxylation is 1. The van der Waals surface area contributed by atoms with Gasteiger partial charge in [-0.1, -0.05) is 29.8 Å². The number of imidazole rings is 1. The fourth-order valence-electron chi connectivity index (χ4n) is 4.08. The van der Waals surface area contributed by atoms with E-state index in [4.69, 9.17) is 4.74 Å². The predicted molar refractivity (Wildman–Crippen MR) is 103 cm³/mol. The molecule has 0 atom stereocenters. The molecule has 0 spiro atoms. The van der Waals surface area contributed by atoms with Gasteiger partial charge in [0.15, 0.2) is 0 Å². The van der Waals surface area contributed by atoms with Gasteiger partial charge in [0.2, 0.25) is 0 Å². The van der Waals surface area contributed by atoms with E-state index in [-0.39, 0.29) is 11.8 Å². The Hall–Kier alpha value is -3.09. The Bertz CT molecular complexity index is 950. The van der Waals surface area contributed by atoms with Crippen LogP contribution in [0.4, 0.5) is 4.79 Å². The van der Waals surface area contributed by atoms with Gasteiger partial charge in [-0.3, -0.25) is 0 Å². The summed E-state index contributed by atoms with van der Waals surface area (Å²) < 4.78 is 6.92. The number of carboxylic acids is 1. The molecule has 0 bridgehead atoms. The van der Waals surface area contributed by atoms with Crippen molar-refractivity contribution in [2.24, 2.45) is 0 Å². The number of aromatic nitrogens is 2. The summed E-state index contributed by atoms with van der Waals surface area (Å²) in [6.07, 6.45) is 3.36. The summed E-state index contributed by atoms with van der Waals surface area (Å²) in [6.45, 7) is 3.93. The summed E-state index contributed by atoms with van der Waals surface area (Å²) in [5.74, 6) is -0.256. The molecule has 0 aliphatic carbocycles. The molecule has 4 rings (SSSR count). The van der Waals surface area contributed by atoms with Crippen LogP contribution in [0, 0.1) is 0 Å². The summed E-state index contributed by atoms with van der Waals surface area (Å²) in [5.41, 5.74) is 4.75. The number of hydrogen-bond acceptors (Lipinski definition) is 4. The Morgan fingerprint density at radius 1 is 1.14 bits per heavy atom. The van der Waals surface area contributed by atoms with Gasteiger partial charge in [0.1, 0.15) is 11.5 Å². The van der Waals surface area contributed by atoms with Crippen molar-refractivity contribution in [2.75, 3.05) is 19.7 Å². The lowest BCUT2D eigenvalue weighted by molar-refractivity contribution is 0.0684. The van der Waals surface area contributed by atoms with Crippen molar-refractivity contribution in [3.8, 4) is 0 Å². The predicted octanol–water partition coefficient (Wildman–Crippen LogP) is 3.19. The van der Waals surface area contributed by atoms with Gasteiger partial charge in [-0.05, 0) is 37.3 Å². The van der Waals surface area contributed by atoms with Crippen LogP contribution < -0.4 is 0 Å². The Morgan fingerprint density at radius 3 is 2.61 bits per heavy atom. The number of aromatic carboxylic acids is 1. The molecular formula is C21H23N3O4. The quantitative estimate of drug-likeness (QED) is 0.864. The number of piperidine rings is 1. The van der Waals surface area contributed by atoms with Crippen LogP contribution in [0.1, 0.15) is 47.2 Å². The highest BCUT2D eigenvalue weighted by molar-refractivity contribution is 5.88. The zero-order valence-electron chi connectivity index (χ0n) is 15.9. The average molecular weight is 381 g/mol. The SMILES string of the molecule is CCOC(=O)N1CCC(=C2c3ccccc3CCn3c(C(=O)O)cnc32)CC1. The van der Waals surface area contributed by atoms with Crippen molar-refractivity contribution in [3.63, 3.8) is 0 Å². The largest absolute Gasteiger partial charge is 0.477 e. The first-order chi connectivity index (χ1) is 13.6. The molecule has 1 aromatic heterocycles. The third kappa shape index (κ3) is 3.17. The zero-order chi connectivity index (χ0) is 19.7. The number of likely N-dealkylation sites (tertiary alicyclic amines) is 1. The monoisotopic (exact) mass is 381 g/mol. The van der Waals surface area contributed by atoms with E-state index in [0.717, 1.165) is 30.4 Å². The van der Waals surface area contributed by atoms with E-state index in [0.29, 0.717) is 32.1 Å². The molecule has 0 radical (unpaired) electrons. The van der Waals surface area contributed by atoms with Gasteiger partial charge >= 0.3 is 12.1 Å². The van der Waals surface area contributed by atoms with E-state index in [1.54, 1.807) is 11.8 Å². The summed E-state index contributed by atoms with van der Waals surface area (Å²) in [4.78, 5) is 29.9. The number of nitrogens with zero attached hydrogens (tertiary/aromatic N) is 3. The lowest BCUT2D eigenvalue weighted by Crippen LogP contribution is -2.37. The highest BCUT2D eigenvalue weighted by atomic mass is 16.6. The van der Waals surface area contributed by atoms with Crippen molar-refractivity contribution in [3.05, 3.63) is 58.7 Å². The third-order valence-electron chi connectivity index (χ3n) is 5.44. The van der Waals surface area contributed by atoms with E-state index in [9.17, 15) is 14.7 Å². The Labute approximate surface area is 163 Å². The number of rotatable bonds is 2. The number of carboxylic acid groups (broad SMARTS) is 1. The highest BCUT2D eigenvalue weighted by Crippen LogP contribution is 2.36. The van der Waals surface area contributed by atoms with Crippen LogP contribution in [-0.2, 0) is 17.7 Å². The van der Waals surface area contributed by atoms with Crippen LogP contribution in [-0.4, -0.2) is 51.3 Å². The van der Waals surface area contributed by atoms with Gasteiger partial charge in [-0.25, -0.2) is 14.6 Å². The zero-order valence-corrected chi connectivity index (χ0v) is 15.9. The first kappa shape index (κ1) is 18.3. The number of fused-ring (bicyclic) bond motifs is 2. The van der Waals surface area contributed by atoms with Crippen molar-refractivity contribution in [1.29, 1.82) is 0 Å². The fraction of sp³-hybridized carbons (Fsp3) is 0.381. The maximum atomic E-state index is 12.0. The van der Waals surface area contributed by atoms with Crippen LogP contribution in [0.2, 0.25) is 0 Å². The van der Waals surface area contributed by atoms with E-state index in [1.807, 2.05) is 16.7 Å². The molecule has 2 aromatic rings. The third-order valence-corrected chi connectivity index (χ3v) is 5.44. The van der Waals surface area contributed by atoms with Gasteiger partial charge in [0, 0.05) is 25.2 Å². The van der Waals surface area contributed by atoms with Gasteiger partial charge in [-0.2, -0.15) is 0 Å². The second kappa shape index (κ2) is 7.50. The molecule has 0 unspecified atom stereocenters. The molecule has 7 nitrogen and oxygen atoms in total. The van der Waals surface area contributed by atoms with Crippen molar-refractivity contribution in [1.82, 2.24) is 14.5 Å². The minimum absolute atomic E-state index is 0.213. The molecule has 1 saturated heterocycles. The van der Waals surface area contributed by atoms with E-state index in [1.165, 1.54) is 17.3 Å².